The molecule has 2 amide bonds. The van der Waals surface area contributed by atoms with Crippen LogP contribution in [-0.4, -0.2) is 41.4 Å². The summed E-state index contributed by atoms with van der Waals surface area (Å²) in [6.45, 7) is -0.260. The highest BCUT2D eigenvalue weighted by molar-refractivity contribution is 6.31. The lowest BCUT2D eigenvalue weighted by molar-refractivity contribution is -0.130. The fourth-order valence-corrected chi connectivity index (χ4v) is 5.67. The van der Waals surface area contributed by atoms with E-state index in [0.29, 0.717) is 48.4 Å². The van der Waals surface area contributed by atoms with Gasteiger partial charge in [0.2, 0.25) is 0 Å². The fraction of sp³-hybridized carbons (Fsp3) is 0.400. The molecule has 0 aromatic heterocycles. The number of halogens is 3. The molecule has 2 bridgehead atoms. The van der Waals surface area contributed by atoms with E-state index in [1.54, 1.807) is 18.2 Å². The third-order valence-electron chi connectivity index (χ3n) is 7.07. The van der Waals surface area contributed by atoms with E-state index in [1.165, 1.54) is 12.1 Å². The second-order valence-electron chi connectivity index (χ2n) is 9.51. The number of rotatable bonds is 6. The highest BCUT2D eigenvalue weighted by atomic mass is 35.5. The summed E-state index contributed by atoms with van der Waals surface area (Å²) < 4.78 is 24.8. The van der Waals surface area contributed by atoms with E-state index in [9.17, 15) is 18.8 Å². The predicted octanol–water partition coefficient (Wildman–Crippen LogP) is 4.23. The minimum atomic E-state index is -0.913. The molecule has 1 atom stereocenters. The maximum Gasteiger partial charge on any atom is 0.261 e. The molecule has 7 nitrogen and oxygen atoms in total. The van der Waals surface area contributed by atoms with Gasteiger partial charge in [0, 0.05) is 22.2 Å². The monoisotopic (exact) mass is 520 g/mol. The van der Waals surface area contributed by atoms with E-state index in [4.69, 9.17) is 32.7 Å². The van der Waals surface area contributed by atoms with Gasteiger partial charge in [-0.05, 0) is 62.4 Å². The molecule has 2 aliphatic carbocycles. The van der Waals surface area contributed by atoms with Crippen molar-refractivity contribution >= 4 is 40.8 Å². The summed E-state index contributed by atoms with van der Waals surface area (Å²) >= 11 is 11.6. The average Bonchev–Trinajstić information content (AvgIpc) is 3.35. The molecule has 2 saturated carbocycles. The van der Waals surface area contributed by atoms with Crippen LogP contribution in [0.1, 0.15) is 48.9 Å². The van der Waals surface area contributed by atoms with Crippen LogP contribution in [0.25, 0.3) is 0 Å². The van der Waals surface area contributed by atoms with Gasteiger partial charge < -0.3 is 20.1 Å². The predicted molar refractivity (Wildman–Crippen MR) is 127 cm³/mol. The molecule has 0 radical (unpaired) electrons. The van der Waals surface area contributed by atoms with Crippen molar-refractivity contribution in [3.63, 3.8) is 0 Å². The molecular formula is C25H23Cl2FN2O5. The van der Waals surface area contributed by atoms with Crippen LogP contribution in [0.2, 0.25) is 10.0 Å². The Morgan fingerprint density at radius 2 is 1.77 bits per heavy atom. The number of hydrogen-bond donors (Lipinski definition) is 2. The second-order valence-corrected chi connectivity index (χ2v) is 10.4. The van der Waals surface area contributed by atoms with Gasteiger partial charge in [-0.2, -0.15) is 0 Å². The Bertz CT molecular complexity index is 1210. The Labute approximate surface area is 211 Å². The normalized spacial score (nSPS) is 26.6. The lowest BCUT2D eigenvalue weighted by atomic mass is 9.90. The van der Waals surface area contributed by atoms with Gasteiger partial charge in [-0.3, -0.25) is 14.4 Å². The smallest absolute Gasteiger partial charge is 0.261 e. The van der Waals surface area contributed by atoms with Gasteiger partial charge >= 0.3 is 0 Å². The number of carbonyl (C=O) groups is 3. The zero-order chi connectivity index (χ0) is 24.8. The van der Waals surface area contributed by atoms with E-state index < -0.39 is 23.0 Å². The van der Waals surface area contributed by atoms with Crippen molar-refractivity contribution in [1.82, 2.24) is 10.6 Å². The van der Waals surface area contributed by atoms with E-state index in [0.717, 1.165) is 6.07 Å². The van der Waals surface area contributed by atoms with E-state index in [2.05, 4.69) is 10.6 Å². The van der Waals surface area contributed by atoms with Crippen molar-refractivity contribution in [2.45, 2.75) is 55.7 Å². The summed E-state index contributed by atoms with van der Waals surface area (Å²) in [6, 6.07) is 8.75. The lowest BCUT2D eigenvalue weighted by Gasteiger charge is -2.31. The highest BCUT2D eigenvalue weighted by Crippen LogP contribution is 2.50. The van der Waals surface area contributed by atoms with Crippen LogP contribution >= 0.6 is 23.2 Å². The van der Waals surface area contributed by atoms with Gasteiger partial charge in [-0.1, -0.05) is 23.2 Å². The molecule has 0 spiro atoms. The molecule has 1 heterocycles. The van der Waals surface area contributed by atoms with E-state index in [1.807, 2.05) is 0 Å². The number of ether oxygens (including phenoxy) is 2. The van der Waals surface area contributed by atoms with Crippen molar-refractivity contribution in [3.8, 4) is 11.5 Å². The van der Waals surface area contributed by atoms with Crippen LogP contribution in [0.5, 0.6) is 11.5 Å². The van der Waals surface area contributed by atoms with E-state index in [-0.39, 0.29) is 41.4 Å². The van der Waals surface area contributed by atoms with Crippen LogP contribution in [0.15, 0.2) is 36.4 Å². The zero-order valence-corrected chi connectivity index (χ0v) is 20.2. The summed E-state index contributed by atoms with van der Waals surface area (Å²) in [7, 11) is 0. The number of fused-ring (bicyclic) bond motifs is 3. The number of ketones is 1. The quantitative estimate of drug-likeness (QED) is 0.594. The summed E-state index contributed by atoms with van der Waals surface area (Å²) in [5.41, 5.74) is -0.519. The molecule has 1 aliphatic heterocycles. The highest BCUT2D eigenvalue weighted by Gasteiger charge is 2.56. The maximum absolute atomic E-state index is 13.6. The molecule has 10 heteroatoms. The zero-order valence-electron chi connectivity index (χ0n) is 18.7. The maximum atomic E-state index is 13.6. The molecule has 2 N–H and O–H groups in total. The van der Waals surface area contributed by atoms with E-state index >= 15 is 0 Å². The first-order valence-electron chi connectivity index (χ1n) is 11.4. The van der Waals surface area contributed by atoms with Crippen molar-refractivity contribution in [3.05, 3.63) is 57.8 Å². The number of carbonyl (C=O) groups excluding carboxylic acids is 3. The summed E-state index contributed by atoms with van der Waals surface area (Å²) in [5.74, 6) is -0.900. The Morgan fingerprint density at radius 3 is 2.49 bits per heavy atom. The van der Waals surface area contributed by atoms with Gasteiger partial charge in [0.05, 0.1) is 17.0 Å². The van der Waals surface area contributed by atoms with Crippen molar-refractivity contribution in [2.24, 2.45) is 0 Å². The Kier molecular flexibility index (Phi) is 6.13. The van der Waals surface area contributed by atoms with Crippen LogP contribution in [0.3, 0.4) is 0 Å². The molecule has 0 saturated heterocycles. The Balaban J connectivity index is 1.17. The minimum Gasteiger partial charge on any atom is -0.484 e. The third-order valence-corrected chi connectivity index (χ3v) is 7.61. The Hall–Kier alpha value is -2.84. The van der Waals surface area contributed by atoms with Crippen molar-refractivity contribution in [1.29, 1.82) is 0 Å². The second kappa shape index (κ2) is 8.99. The van der Waals surface area contributed by atoms with Crippen LogP contribution in [0, 0.1) is 5.82 Å². The molecule has 1 unspecified atom stereocenters. The number of amides is 2. The first-order valence-corrected chi connectivity index (χ1v) is 12.1. The first kappa shape index (κ1) is 23.9. The summed E-state index contributed by atoms with van der Waals surface area (Å²) in [6.07, 6.45) is 2.44. The molecular weight excluding hydrogens is 498 g/mol. The van der Waals surface area contributed by atoms with Crippen LogP contribution < -0.4 is 20.1 Å². The van der Waals surface area contributed by atoms with Gasteiger partial charge in [0.25, 0.3) is 11.8 Å². The number of benzene rings is 2. The standard InChI is InChI=1S/C25H23Cl2FN2O5/c26-14-1-4-20-16(9-14)19(31)11-21(35-20)23(33)30-25-7-5-24(13-25,6-8-25)29-22(32)12-34-15-2-3-17(27)18(28)10-15/h1-4,9-10,21H,5-8,11-13H2,(H,29,32)(H,30,33). The SMILES string of the molecule is O=C(COc1ccc(Cl)c(F)c1)NC12CCC(NC(=O)C3CC(=O)c4cc(Cl)ccc4O3)(CC1)C2. The lowest BCUT2D eigenvalue weighted by Crippen LogP contribution is -2.52. The van der Waals surface area contributed by atoms with Crippen molar-refractivity contribution < 1.29 is 28.2 Å². The molecule has 2 fully saturated rings. The molecule has 35 heavy (non-hydrogen) atoms. The molecule has 5 rings (SSSR count). The third kappa shape index (κ3) is 4.82. The van der Waals surface area contributed by atoms with Gasteiger partial charge in [0.1, 0.15) is 17.3 Å². The number of Topliss-reactive ketones (excluding diaryl/α,β-unsaturated/α-hetero) is 1. The largest absolute Gasteiger partial charge is 0.484 e. The van der Waals surface area contributed by atoms with Crippen molar-refractivity contribution in [2.75, 3.05) is 6.61 Å². The number of nitrogens with one attached hydrogen (secondary N) is 2. The molecule has 2 aromatic carbocycles. The van der Waals surface area contributed by atoms with Crippen LogP contribution in [0.4, 0.5) is 4.39 Å². The summed E-state index contributed by atoms with van der Waals surface area (Å²) in [4.78, 5) is 38.1. The summed E-state index contributed by atoms with van der Waals surface area (Å²) in [5, 5.41) is 6.57. The minimum absolute atomic E-state index is 0.0208. The van der Waals surface area contributed by atoms with Gasteiger partial charge in [-0.15, -0.1) is 0 Å². The van der Waals surface area contributed by atoms with Crippen LogP contribution in [-0.2, 0) is 9.59 Å². The first-order chi connectivity index (χ1) is 16.7. The van der Waals surface area contributed by atoms with Gasteiger partial charge in [-0.25, -0.2) is 4.39 Å². The molecule has 184 valence electrons. The average molecular weight is 521 g/mol. The molecule has 3 aliphatic rings. The number of hydrogen-bond acceptors (Lipinski definition) is 5. The van der Waals surface area contributed by atoms with Gasteiger partial charge in [0.15, 0.2) is 18.5 Å². The molecule has 2 aromatic rings. The fourth-order valence-electron chi connectivity index (χ4n) is 5.38. The topological polar surface area (TPSA) is 93.7 Å². The Morgan fingerprint density at radius 1 is 1.06 bits per heavy atom.